The van der Waals surface area contributed by atoms with Gasteiger partial charge in [0.15, 0.2) is 5.96 Å². The van der Waals surface area contributed by atoms with Crippen molar-refractivity contribution in [2.24, 2.45) is 4.99 Å². The first kappa shape index (κ1) is 20.8. The number of nitrogens with zero attached hydrogens (tertiary/aromatic N) is 1. The van der Waals surface area contributed by atoms with E-state index in [4.69, 9.17) is 11.6 Å². The molecule has 0 unspecified atom stereocenters. The predicted molar refractivity (Wildman–Crippen MR) is 114 cm³/mol. The summed E-state index contributed by atoms with van der Waals surface area (Å²) in [6.45, 7) is 5.81. The molecule has 0 bridgehead atoms. The van der Waals surface area contributed by atoms with Gasteiger partial charge in [-0.3, -0.25) is 9.79 Å². The summed E-state index contributed by atoms with van der Waals surface area (Å²) >= 11 is 6.19. The largest absolute Gasteiger partial charge is 0.357 e. The van der Waals surface area contributed by atoms with E-state index >= 15 is 0 Å². The van der Waals surface area contributed by atoms with Crippen molar-refractivity contribution in [2.75, 3.05) is 25.0 Å². The normalized spacial score (nSPS) is 11.1. The molecule has 2 rings (SSSR count). The van der Waals surface area contributed by atoms with Gasteiger partial charge in [0.05, 0.1) is 0 Å². The lowest BCUT2D eigenvalue weighted by Crippen LogP contribution is -2.38. The third-order valence-corrected chi connectivity index (χ3v) is 4.30. The van der Waals surface area contributed by atoms with Gasteiger partial charge in [0.1, 0.15) is 0 Å². The molecule has 2 aromatic rings. The first-order chi connectivity index (χ1) is 13.1. The second-order valence-electron chi connectivity index (χ2n) is 6.16. The first-order valence-electron chi connectivity index (χ1n) is 9.20. The Bertz CT molecular complexity index is 759. The summed E-state index contributed by atoms with van der Waals surface area (Å²) in [5.74, 6) is 0.743. The number of guanidine groups is 1. The van der Waals surface area contributed by atoms with Gasteiger partial charge in [-0.15, -0.1) is 0 Å². The first-order valence-corrected chi connectivity index (χ1v) is 9.58. The van der Waals surface area contributed by atoms with Gasteiger partial charge in [0, 0.05) is 37.3 Å². The fraction of sp³-hybridized carbons (Fsp3) is 0.333. The predicted octanol–water partition coefficient (Wildman–Crippen LogP) is 3.64. The molecule has 5 nitrogen and oxygen atoms in total. The van der Waals surface area contributed by atoms with Crippen molar-refractivity contribution in [1.29, 1.82) is 0 Å². The van der Waals surface area contributed by atoms with Gasteiger partial charge in [-0.1, -0.05) is 41.9 Å². The molecule has 0 fully saturated rings. The minimum Gasteiger partial charge on any atom is -0.357 e. The maximum atomic E-state index is 11.1. The van der Waals surface area contributed by atoms with E-state index in [0.29, 0.717) is 6.54 Å². The number of anilines is 1. The zero-order chi connectivity index (χ0) is 19.5. The molecule has 1 amide bonds. The van der Waals surface area contributed by atoms with E-state index in [1.807, 2.05) is 55.5 Å². The SMILES string of the molecule is CCNC(=NCCc1ccccc1Cl)NCCc1ccc(NC(C)=O)cc1. The van der Waals surface area contributed by atoms with Crippen LogP contribution in [-0.4, -0.2) is 31.5 Å². The molecule has 0 aliphatic carbocycles. The Balaban J connectivity index is 1.81. The van der Waals surface area contributed by atoms with Gasteiger partial charge in [-0.2, -0.15) is 0 Å². The number of carbonyl (C=O) groups excluding carboxylic acids is 1. The van der Waals surface area contributed by atoms with Crippen LogP contribution in [0, 0.1) is 0 Å². The molecule has 6 heteroatoms. The highest BCUT2D eigenvalue weighted by Crippen LogP contribution is 2.15. The van der Waals surface area contributed by atoms with Gasteiger partial charge in [-0.25, -0.2) is 0 Å². The molecule has 0 spiro atoms. The Kier molecular flexibility index (Phi) is 8.65. The number of rotatable bonds is 8. The van der Waals surface area contributed by atoms with E-state index in [0.717, 1.165) is 48.2 Å². The van der Waals surface area contributed by atoms with E-state index in [9.17, 15) is 4.79 Å². The molecule has 0 aromatic heterocycles. The zero-order valence-corrected chi connectivity index (χ0v) is 16.6. The van der Waals surface area contributed by atoms with Gasteiger partial charge < -0.3 is 16.0 Å². The van der Waals surface area contributed by atoms with Crippen molar-refractivity contribution in [2.45, 2.75) is 26.7 Å². The number of amides is 1. The van der Waals surface area contributed by atoms with Crippen molar-refractivity contribution < 1.29 is 4.79 Å². The summed E-state index contributed by atoms with van der Waals surface area (Å²) in [6, 6.07) is 15.7. The van der Waals surface area contributed by atoms with Gasteiger partial charge >= 0.3 is 0 Å². The maximum absolute atomic E-state index is 11.1. The van der Waals surface area contributed by atoms with E-state index in [2.05, 4.69) is 20.9 Å². The topological polar surface area (TPSA) is 65.5 Å². The highest BCUT2D eigenvalue weighted by molar-refractivity contribution is 6.31. The molecule has 0 saturated carbocycles. The second-order valence-corrected chi connectivity index (χ2v) is 6.56. The van der Waals surface area contributed by atoms with Crippen LogP contribution in [0.4, 0.5) is 5.69 Å². The number of benzene rings is 2. The van der Waals surface area contributed by atoms with Crippen LogP contribution in [0.25, 0.3) is 0 Å². The van der Waals surface area contributed by atoms with Crippen molar-refractivity contribution in [1.82, 2.24) is 10.6 Å². The Morgan fingerprint density at radius 1 is 1.04 bits per heavy atom. The van der Waals surface area contributed by atoms with Crippen LogP contribution in [0.15, 0.2) is 53.5 Å². The summed E-state index contributed by atoms with van der Waals surface area (Å²) in [4.78, 5) is 15.7. The Labute approximate surface area is 166 Å². The molecule has 0 aliphatic rings. The Morgan fingerprint density at radius 3 is 2.44 bits per heavy atom. The van der Waals surface area contributed by atoms with Crippen LogP contribution in [0.1, 0.15) is 25.0 Å². The number of aliphatic imine (C=N–C) groups is 1. The van der Waals surface area contributed by atoms with E-state index in [1.165, 1.54) is 12.5 Å². The highest BCUT2D eigenvalue weighted by atomic mass is 35.5. The average Bonchev–Trinajstić information content (AvgIpc) is 2.64. The van der Waals surface area contributed by atoms with Crippen LogP contribution in [0.2, 0.25) is 5.02 Å². The summed E-state index contributed by atoms with van der Waals surface area (Å²) in [7, 11) is 0. The van der Waals surface area contributed by atoms with E-state index in [-0.39, 0.29) is 5.91 Å². The standard InChI is InChI=1S/C21H27ClN4O/c1-3-23-21(25-15-13-18-6-4-5-7-20(18)22)24-14-12-17-8-10-19(11-9-17)26-16(2)27/h4-11H,3,12-15H2,1-2H3,(H,26,27)(H2,23,24,25). The lowest BCUT2D eigenvalue weighted by Gasteiger charge is -2.12. The minimum absolute atomic E-state index is 0.0623. The van der Waals surface area contributed by atoms with Crippen LogP contribution >= 0.6 is 11.6 Å². The number of hydrogen-bond donors (Lipinski definition) is 3. The quantitative estimate of drug-likeness (QED) is 0.479. The monoisotopic (exact) mass is 386 g/mol. The van der Waals surface area contributed by atoms with Crippen LogP contribution in [-0.2, 0) is 17.6 Å². The summed E-state index contributed by atoms with van der Waals surface area (Å²) in [6.07, 6.45) is 1.68. The second kappa shape index (κ2) is 11.2. The van der Waals surface area contributed by atoms with Crippen LogP contribution in [0.5, 0.6) is 0 Å². The zero-order valence-electron chi connectivity index (χ0n) is 15.9. The summed E-state index contributed by atoms with van der Waals surface area (Å²) < 4.78 is 0. The molecular formula is C21H27ClN4O. The summed E-state index contributed by atoms with van der Waals surface area (Å²) in [5.41, 5.74) is 3.12. The lowest BCUT2D eigenvalue weighted by molar-refractivity contribution is -0.114. The smallest absolute Gasteiger partial charge is 0.221 e. The lowest BCUT2D eigenvalue weighted by atomic mass is 10.1. The molecule has 2 aromatic carbocycles. The van der Waals surface area contributed by atoms with Gasteiger partial charge in [0.25, 0.3) is 0 Å². The fourth-order valence-electron chi connectivity index (χ4n) is 2.61. The molecule has 0 heterocycles. The van der Waals surface area contributed by atoms with Crippen LogP contribution < -0.4 is 16.0 Å². The van der Waals surface area contributed by atoms with Gasteiger partial charge in [0.2, 0.25) is 5.91 Å². The third-order valence-electron chi connectivity index (χ3n) is 3.93. The number of halogens is 1. The number of hydrogen-bond acceptors (Lipinski definition) is 2. The molecule has 0 atom stereocenters. The number of carbonyl (C=O) groups is 1. The molecule has 3 N–H and O–H groups in total. The molecular weight excluding hydrogens is 360 g/mol. The third kappa shape index (κ3) is 7.71. The Morgan fingerprint density at radius 2 is 1.78 bits per heavy atom. The molecule has 144 valence electrons. The minimum atomic E-state index is -0.0623. The van der Waals surface area contributed by atoms with Crippen molar-refractivity contribution >= 4 is 29.2 Å². The average molecular weight is 387 g/mol. The fourth-order valence-corrected chi connectivity index (χ4v) is 2.84. The molecule has 0 saturated heterocycles. The molecule has 27 heavy (non-hydrogen) atoms. The highest BCUT2D eigenvalue weighted by Gasteiger charge is 2.01. The van der Waals surface area contributed by atoms with Crippen molar-refractivity contribution in [3.05, 3.63) is 64.7 Å². The van der Waals surface area contributed by atoms with Crippen molar-refractivity contribution in [3.8, 4) is 0 Å². The van der Waals surface area contributed by atoms with Crippen molar-refractivity contribution in [3.63, 3.8) is 0 Å². The maximum Gasteiger partial charge on any atom is 0.221 e. The van der Waals surface area contributed by atoms with Crippen LogP contribution in [0.3, 0.4) is 0 Å². The Hall–Kier alpha value is -2.53. The van der Waals surface area contributed by atoms with E-state index < -0.39 is 0 Å². The van der Waals surface area contributed by atoms with E-state index in [1.54, 1.807) is 0 Å². The van der Waals surface area contributed by atoms with Gasteiger partial charge in [-0.05, 0) is 49.1 Å². The number of nitrogens with one attached hydrogen (secondary N) is 3. The summed E-state index contributed by atoms with van der Waals surface area (Å²) in [5, 5.41) is 10.2. The molecule has 0 radical (unpaired) electrons. The molecule has 0 aliphatic heterocycles.